The van der Waals surface area contributed by atoms with Crippen molar-refractivity contribution in [3.8, 4) is 5.75 Å². The maximum absolute atomic E-state index is 12.0. The van der Waals surface area contributed by atoms with Crippen LogP contribution in [0.5, 0.6) is 5.75 Å². The third-order valence-electron chi connectivity index (χ3n) is 1.71. The Bertz CT molecular complexity index is 503. The van der Waals surface area contributed by atoms with Gasteiger partial charge in [-0.15, -0.1) is 0 Å². The van der Waals surface area contributed by atoms with E-state index < -0.39 is 6.61 Å². The van der Waals surface area contributed by atoms with E-state index in [1.807, 2.05) is 0 Å². The van der Waals surface area contributed by atoms with Crippen LogP contribution >= 0.6 is 27.5 Å². The SMILES string of the molecule is FC(F)Oc1cc(Cl)c2nc(Br)[nH]c2c1. The van der Waals surface area contributed by atoms with Crippen LogP contribution in [0.15, 0.2) is 16.9 Å². The number of rotatable bonds is 2. The number of nitrogens with one attached hydrogen (secondary N) is 1. The molecule has 3 nitrogen and oxygen atoms in total. The van der Waals surface area contributed by atoms with Gasteiger partial charge in [-0.25, -0.2) is 4.98 Å². The molecule has 80 valence electrons. The molecule has 7 heteroatoms. The van der Waals surface area contributed by atoms with Gasteiger partial charge in [-0.1, -0.05) is 11.6 Å². The molecule has 0 aliphatic rings. The van der Waals surface area contributed by atoms with Gasteiger partial charge in [0.15, 0.2) is 4.73 Å². The van der Waals surface area contributed by atoms with Crippen LogP contribution in [0.4, 0.5) is 8.78 Å². The van der Waals surface area contributed by atoms with Crippen molar-refractivity contribution < 1.29 is 13.5 Å². The monoisotopic (exact) mass is 296 g/mol. The normalized spacial score (nSPS) is 11.3. The molecule has 0 aliphatic heterocycles. The first-order valence-electron chi connectivity index (χ1n) is 3.86. The third kappa shape index (κ3) is 2.21. The van der Waals surface area contributed by atoms with Gasteiger partial charge in [0.25, 0.3) is 0 Å². The molecular weight excluding hydrogens is 293 g/mol. The molecule has 0 unspecified atom stereocenters. The van der Waals surface area contributed by atoms with Crippen LogP contribution in [0, 0.1) is 0 Å². The number of imidazole rings is 1. The first-order chi connectivity index (χ1) is 7.06. The summed E-state index contributed by atoms with van der Waals surface area (Å²) in [6.45, 7) is -2.87. The Balaban J connectivity index is 2.51. The molecule has 0 amide bonds. The molecule has 0 radical (unpaired) electrons. The van der Waals surface area contributed by atoms with Gasteiger partial charge in [-0.05, 0) is 15.9 Å². The zero-order valence-electron chi connectivity index (χ0n) is 7.10. The van der Waals surface area contributed by atoms with E-state index >= 15 is 0 Å². The van der Waals surface area contributed by atoms with Gasteiger partial charge in [0.1, 0.15) is 11.3 Å². The molecule has 1 aromatic carbocycles. The zero-order chi connectivity index (χ0) is 11.0. The lowest BCUT2D eigenvalue weighted by molar-refractivity contribution is -0.0497. The number of halogens is 4. The minimum atomic E-state index is -2.87. The van der Waals surface area contributed by atoms with Gasteiger partial charge >= 0.3 is 6.61 Å². The van der Waals surface area contributed by atoms with Gasteiger partial charge in [0.2, 0.25) is 0 Å². The molecule has 1 heterocycles. The number of fused-ring (bicyclic) bond motifs is 1. The number of benzene rings is 1. The number of hydrogen-bond donors (Lipinski definition) is 1. The van der Waals surface area contributed by atoms with Crippen molar-refractivity contribution in [2.24, 2.45) is 0 Å². The Morgan fingerprint density at radius 1 is 1.47 bits per heavy atom. The van der Waals surface area contributed by atoms with Crippen molar-refractivity contribution in [2.45, 2.75) is 6.61 Å². The largest absolute Gasteiger partial charge is 0.435 e. The predicted molar refractivity (Wildman–Crippen MR) is 55.4 cm³/mol. The number of aromatic nitrogens is 2. The van der Waals surface area contributed by atoms with Crippen LogP contribution in [0.2, 0.25) is 5.02 Å². The predicted octanol–water partition coefficient (Wildman–Crippen LogP) is 3.58. The van der Waals surface area contributed by atoms with E-state index in [1.54, 1.807) is 0 Å². The number of hydrogen-bond acceptors (Lipinski definition) is 2. The summed E-state index contributed by atoms with van der Waals surface area (Å²) in [4.78, 5) is 6.83. The molecule has 2 rings (SSSR count). The van der Waals surface area contributed by atoms with Crippen molar-refractivity contribution in [1.29, 1.82) is 0 Å². The first-order valence-corrected chi connectivity index (χ1v) is 5.03. The molecule has 0 saturated heterocycles. The quantitative estimate of drug-likeness (QED) is 0.920. The second-order valence-corrected chi connectivity index (χ2v) is 3.87. The van der Waals surface area contributed by atoms with E-state index in [1.165, 1.54) is 12.1 Å². The Morgan fingerprint density at radius 2 is 2.20 bits per heavy atom. The van der Waals surface area contributed by atoms with E-state index in [9.17, 15) is 8.78 Å². The molecule has 0 bridgehead atoms. The lowest BCUT2D eigenvalue weighted by Crippen LogP contribution is -2.01. The highest BCUT2D eigenvalue weighted by molar-refractivity contribution is 9.10. The number of aromatic amines is 1. The number of H-pyrrole nitrogens is 1. The van der Waals surface area contributed by atoms with Crippen LogP contribution < -0.4 is 4.74 Å². The van der Waals surface area contributed by atoms with Crippen molar-refractivity contribution in [3.05, 3.63) is 21.9 Å². The molecule has 0 saturated carbocycles. The highest BCUT2D eigenvalue weighted by Crippen LogP contribution is 2.29. The van der Waals surface area contributed by atoms with E-state index in [2.05, 4.69) is 30.6 Å². The summed E-state index contributed by atoms with van der Waals surface area (Å²) in [5.41, 5.74) is 1.04. The molecule has 1 N–H and O–H groups in total. The summed E-state index contributed by atoms with van der Waals surface area (Å²) in [6.07, 6.45) is 0. The van der Waals surface area contributed by atoms with Gasteiger partial charge in [0.05, 0.1) is 10.5 Å². The zero-order valence-corrected chi connectivity index (χ0v) is 9.44. The van der Waals surface area contributed by atoms with Crippen LogP contribution in [-0.2, 0) is 0 Å². The van der Waals surface area contributed by atoms with Crippen LogP contribution in [-0.4, -0.2) is 16.6 Å². The summed E-state index contributed by atoms with van der Waals surface area (Å²) in [7, 11) is 0. The Labute approximate surface area is 96.5 Å². The molecule has 0 atom stereocenters. The molecule has 0 aliphatic carbocycles. The highest BCUT2D eigenvalue weighted by atomic mass is 79.9. The van der Waals surface area contributed by atoms with Gasteiger partial charge in [-0.2, -0.15) is 8.78 Å². The van der Waals surface area contributed by atoms with E-state index in [0.717, 1.165) is 0 Å². The maximum Gasteiger partial charge on any atom is 0.387 e. The van der Waals surface area contributed by atoms with Gasteiger partial charge in [-0.3, -0.25) is 0 Å². The third-order valence-corrected chi connectivity index (χ3v) is 2.37. The van der Waals surface area contributed by atoms with Crippen molar-refractivity contribution in [1.82, 2.24) is 9.97 Å². The minimum absolute atomic E-state index is 0.00125. The number of nitrogens with zero attached hydrogens (tertiary/aromatic N) is 1. The van der Waals surface area contributed by atoms with E-state index in [4.69, 9.17) is 11.6 Å². The minimum Gasteiger partial charge on any atom is -0.435 e. The fourth-order valence-electron chi connectivity index (χ4n) is 1.19. The molecule has 0 spiro atoms. The summed E-state index contributed by atoms with van der Waals surface area (Å²) in [6, 6.07) is 2.70. The summed E-state index contributed by atoms with van der Waals surface area (Å²) < 4.78 is 28.6. The Hall–Kier alpha value is -0.880. The fourth-order valence-corrected chi connectivity index (χ4v) is 1.83. The molecule has 2 aromatic rings. The lowest BCUT2D eigenvalue weighted by atomic mass is 10.3. The van der Waals surface area contributed by atoms with Crippen molar-refractivity contribution in [3.63, 3.8) is 0 Å². The highest BCUT2D eigenvalue weighted by Gasteiger charge is 2.10. The molecule has 1 aromatic heterocycles. The lowest BCUT2D eigenvalue weighted by Gasteiger charge is -2.04. The first kappa shape index (κ1) is 10.6. The van der Waals surface area contributed by atoms with Crippen LogP contribution in [0.3, 0.4) is 0 Å². The number of ether oxygens (including phenoxy) is 1. The van der Waals surface area contributed by atoms with Crippen molar-refractivity contribution >= 4 is 38.6 Å². The summed E-state index contributed by atoms with van der Waals surface area (Å²) in [5.74, 6) is -0.00125. The smallest absolute Gasteiger partial charge is 0.387 e. The standard InChI is InChI=1S/C8H4BrClF2N2O/c9-7-13-5-2-3(15-8(11)12)1-4(10)6(5)14-7/h1-2,8H,(H,13,14). The van der Waals surface area contributed by atoms with Crippen LogP contribution in [0.25, 0.3) is 11.0 Å². The van der Waals surface area contributed by atoms with Gasteiger partial charge < -0.3 is 9.72 Å². The van der Waals surface area contributed by atoms with E-state index in [-0.39, 0.29) is 10.8 Å². The fraction of sp³-hybridized carbons (Fsp3) is 0.125. The Morgan fingerprint density at radius 3 is 2.87 bits per heavy atom. The summed E-state index contributed by atoms with van der Waals surface area (Å²) >= 11 is 8.95. The Kier molecular flexibility index (Phi) is 2.79. The van der Waals surface area contributed by atoms with E-state index in [0.29, 0.717) is 15.8 Å². The maximum atomic E-state index is 12.0. The molecule has 15 heavy (non-hydrogen) atoms. The molecule has 0 fully saturated rings. The second kappa shape index (κ2) is 3.94. The van der Waals surface area contributed by atoms with Crippen molar-refractivity contribution in [2.75, 3.05) is 0 Å². The average Bonchev–Trinajstić information content (AvgIpc) is 2.44. The van der Waals surface area contributed by atoms with Gasteiger partial charge in [0, 0.05) is 12.1 Å². The number of alkyl halides is 2. The molecular formula is C8H4BrClF2N2O. The topological polar surface area (TPSA) is 37.9 Å². The average molecular weight is 297 g/mol. The second-order valence-electron chi connectivity index (χ2n) is 2.71. The van der Waals surface area contributed by atoms with Crippen LogP contribution in [0.1, 0.15) is 0 Å². The summed E-state index contributed by atoms with van der Waals surface area (Å²) in [5, 5.41) is 0.255.